The van der Waals surface area contributed by atoms with Crippen molar-refractivity contribution in [2.75, 3.05) is 10.6 Å². The fraction of sp³-hybridized carbons (Fsp3) is 0.412. The van der Waals surface area contributed by atoms with Crippen LogP contribution in [-0.2, 0) is 4.79 Å². The highest BCUT2D eigenvalue weighted by molar-refractivity contribution is 5.95. The lowest BCUT2D eigenvalue weighted by Gasteiger charge is -2.17. The first kappa shape index (κ1) is 16.1. The standard InChI is InChI=1S/C17H23N3O2/c1-5-15(17(21)19-16-10-12(4)22-20-16)18-14-8-6-13(7-9-14)11(2)3/h6-11,15,18H,5H2,1-4H3,(H,19,20,21)/t15-/m1/s1. The van der Waals surface area contributed by atoms with Crippen molar-refractivity contribution in [1.82, 2.24) is 5.16 Å². The Balaban J connectivity index is 2.00. The number of hydrogen-bond acceptors (Lipinski definition) is 4. The summed E-state index contributed by atoms with van der Waals surface area (Å²) in [7, 11) is 0. The summed E-state index contributed by atoms with van der Waals surface area (Å²) in [6.07, 6.45) is 0.675. The van der Waals surface area contributed by atoms with Crippen LogP contribution in [0, 0.1) is 6.92 Å². The highest BCUT2D eigenvalue weighted by Gasteiger charge is 2.17. The molecule has 2 rings (SSSR count). The van der Waals surface area contributed by atoms with Gasteiger partial charge in [0.15, 0.2) is 5.82 Å². The number of nitrogens with zero attached hydrogens (tertiary/aromatic N) is 1. The lowest BCUT2D eigenvalue weighted by atomic mass is 10.0. The van der Waals surface area contributed by atoms with Gasteiger partial charge in [0.05, 0.1) is 0 Å². The lowest BCUT2D eigenvalue weighted by Crippen LogP contribution is -2.34. The van der Waals surface area contributed by atoms with Crippen molar-refractivity contribution in [3.63, 3.8) is 0 Å². The van der Waals surface area contributed by atoms with Crippen molar-refractivity contribution in [3.8, 4) is 0 Å². The van der Waals surface area contributed by atoms with Gasteiger partial charge in [-0.25, -0.2) is 0 Å². The molecule has 0 aliphatic carbocycles. The molecule has 0 bridgehead atoms. The highest BCUT2D eigenvalue weighted by Crippen LogP contribution is 2.18. The summed E-state index contributed by atoms with van der Waals surface area (Å²) in [6.45, 7) is 8.07. The maximum absolute atomic E-state index is 12.3. The second-order valence-electron chi connectivity index (χ2n) is 5.69. The number of rotatable bonds is 6. The van der Waals surface area contributed by atoms with E-state index in [1.165, 1.54) is 5.56 Å². The Bertz CT molecular complexity index is 617. The number of benzene rings is 1. The first-order chi connectivity index (χ1) is 10.5. The number of carbonyl (C=O) groups is 1. The number of hydrogen-bond donors (Lipinski definition) is 2. The Morgan fingerprint density at radius 2 is 1.95 bits per heavy atom. The minimum Gasteiger partial charge on any atom is -0.374 e. The zero-order valence-electron chi connectivity index (χ0n) is 13.5. The quantitative estimate of drug-likeness (QED) is 0.848. The number of carbonyl (C=O) groups excluding carboxylic acids is 1. The number of anilines is 2. The molecule has 2 N–H and O–H groups in total. The third-order valence-electron chi connectivity index (χ3n) is 3.52. The number of aromatic nitrogens is 1. The van der Waals surface area contributed by atoms with E-state index in [9.17, 15) is 4.79 Å². The van der Waals surface area contributed by atoms with Gasteiger partial charge in [0.25, 0.3) is 0 Å². The van der Waals surface area contributed by atoms with Crippen molar-refractivity contribution < 1.29 is 9.32 Å². The molecule has 1 amide bonds. The molecule has 0 spiro atoms. The van der Waals surface area contributed by atoms with Crippen LogP contribution in [0.4, 0.5) is 11.5 Å². The highest BCUT2D eigenvalue weighted by atomic mass is 16.5. The molecule has 0 radical (unpaired) electrons. The molecule has 1 atom stereocenters. The van der Waals surface area contributed by atoms with Gasteiger partial charge in [0, 0.05) is 11.8 Å². The van der Waals surface area contributed by atoms with Gasteiger partial charge in [-0.05, 0) is 37.0 Å². The van der Waals surface area contributed by atoms with Crippen LogP contribution >= 0.6 is 0 Å². The van der Waals surface area contributed by atoms with E-state index < -0.39 is 0 Å². The zero-order valence-corrected chi connectivity index (χ0v) is 13.5. The molecule has 0 saturated carbocycles. The van der Waals surface area contributed by atoms with Crippen LogP contribution in [0.2, 0.25) is 0 Å². The van der Waals surface area contributed by atoms with Crippen LogP contribution in [0.3, 0.4) is 0 Å². The minimum atomic E-state index is -0.318. The third kappa shape index (κ3) is 4.10. The van der Waals surface area contributed by atoms with E-state index in [1.807, 2.05) is 19.1 Å². The van der Waals surface area contributed by atoms with Crippen molar-refractivity contribution >= 4 is 17.4 Å². The van der Waals surface area contributed by atoms with Gasteiger partial charge in [-0.1, -0.05) is 38.1 Å². The molecule has 1 heterocycles. The van der Waals surface area contributed by atoms with E-state index in [-0.39, 0.29) is 11.9 Å². The van der Waals surface area contributed by atoms with Crippen molar-refractivity contribution in [3.05, 3.63) is 41.7 Å². The van der Waals surface area contributed by atoms with Crippen molar-refractivity contribution in [1.29, 1.82) is 0 Å². The fourth-order valence-electron chi connectivity index (χ4n) is 2.16. The summed E-state index contributed by atoms with van der Waals surface area (Å²) in [5, 5.41) is 9.78. The van der Waals surface area contributed by atoms with E-state index in [1.54, 1.807) is 13.0 Å². The van der Waals surface area contributed by atoms with E-state index in [0.717, 1.165) is 5.69 Å². The summed E-state index contributed by atoms with van der Waals surface area (Å²) in [6, 6.07) is 9.55. The summed E-state index contributed by atoms with van der Waals surface area (Å²) in [5.41, 5.74) is 2.21. The third-order valence-corrected chi connectivity index (χ3v) is 3.52. The molecule has 0 fully saturated rings. The summed E-state index contributed by atoms with van der Waals surface area (Å²) < 4.78 is 4.95. The Kier molecular flexibility index (Phi) is 5.20. The molecule has 0 unspecified atom stereocenters. The van der Waals surface area contributed by atoms with Gasteiger partial charge in [0.1, 0.15) is 11.8 Å². The monoisotopic (exact) mass is 301 g/mol. The molecule has 0 aliphatic heterocycles. The normalized spacial score (nSPS) is 12.2. The molecule has 2 aromatic rings. The van der Waals surface area contributed by atoms with E-state index in [4.69, 9.17) is 4.52 Å². The Hall–Kier alpha value is -2.30. The summed E-state index contributed by atoms with van der Waals surface area (Å²) in [4.78, 5) is 12.3. The van der Waals surface area contributed by atoms with Crippen molar-refractivity contribution in [2.24, 2.45) is 0 Å². The zero-order chi connectivity index (χ0) is 16.1. The molecule has 1 aromatic carbocycles. The molecule has 118 valence electrons. The second-order valence-corrected chi connectivity index (χ2v) is 5.69. The Morgan fingerprint density at radius 1 is 1.27 bits per heavy atom. The van der Waals surface area contributed by atoms with Gasteiger partial charge < -0.3 is 15.2 Å². The molecule has 5 nitrogen and oxygen atoms in total. The molecule has 0 aliphatic rings. The maximum Gasteiger partial charge on any atom is 0.248 e. The summed E-state index contributed by atoms with van der Waals surface area (Å²) in [5.74, 6) is 1.48. The smallest absolute Gasteiger partial charge is 0.248 e. The van der Waals surface area contributed by atoms with E-state index in [0.29, 0.717) is 23.9 Å². The molecular formula is C17H23N3O2. The largest absolute Gasteiger partial charge is 0.374 e. The van der Waals surface area contributed by atoms with Gasteiger partial charge in [-0.3, -0.25) is 4.79 Å². The van der Waals surface area contributed by atoms with Crippen LogP contribution in [0.1, 0.15) is 44.4 Å². The van der Waals surface area contributed by atoms with Crippen molar-refractivity contribution in [2.45, 2.75) is 46.1 Å². The molecular weight excluding hydrogens is 278 g/mol. The number of amides is 1. The van der Waals surface area contributed by atoms with Gasteiger partial charge >= 0.3 is 0 Å². The predicted molar refractivity (Wildman–Crippen MR) is 88.1 cm³/mol. The maximum atomic E-state index is 12.3. The van der Waals surface area contributed by atoms with Crippen LogP contribution < -0.4 is 10.6 Å². The van der Waals surface area contributed by atoms with Crippen LogP contribution in [0.5, 0.6) is 0 Å². The van der Waals surface area contributed by atoms with Gasteiger partial charge in [-0.2, -0.15) is 0 Å². The summed E-state index contributed by atoms with van der Waals surface area (Å²) >= 11 is 0. The first-order valence-electron chi connectivity index (χ1n) is 7.60. The molecule has 0 saturated heterocycles. The molecule has 22 heavy (non-hydrogen) atoms. The van der Waals surface area contributed by atoms with E-state index in [2.05, 4.69) is 41.8 Å². The fourth-order valence-corrected chi connectivity index (χ4v) is 2.16. The van der Waals surface area contributed by atoms with Gasteiger partial charge in [0.2, 0.25) is 5.91 Å². The van der Waals surface area contributed by atoms with E-state index >= 15 is 0 Å². The number of nitrogens with one attached hydrogen (secondary N) is 2. The van der Waals surface area contributed by atoms with Gasteiger partial charge in [-0.15, -0.1) is 0 Å². The SMILES string of the molecule is CC[C@@H](Nc1ccc(C(C)C)cc1)C(=O)Nc1cc(C)on1. The lowest BCUT2D eigenvalue weighted by molar-refractivity contribution is -0.117. The number of aryl methyl sites for hydroxylation is 1. The molecule has 1 aromatic heterocycles. The van der Waals surface area contributed by atoms with Crippen LogP contribution in [0.25, 0.3) is 0 Å². The average molecular weight is 301 g/mol. The Morgan fingerprint density at radius 3 is 2.45 bits per heavy atom. The van der Waals surface area contributed by atoms with Crippen LogP contribution in [-0.4, -0.2) is 17.1 Å². The molecule has 5 heteroatoms. The van der Waals surface area contributed by atoms with Crippen LogP contribution in [0.15, 0.2) is 34.9 Å². The minimum absolute atomic E-state index is 0.122. The first-order valence-corrected chi connectivity index (χ1v) is 7.60. The topological polar surface area (TPSA) is 67.2 Å². The average Bonchev–Trinajstić information content (AvgIpc) is 2.90. The Labute approximate surface area is 131 Å². The predicted octanol–water partition coefficient (Wildman–Crippen LogP) is 3.94. The second kappa shape index (κ2) is 7.11.